The first-order chi connectivity index (χ1) is 7.29. The number of rotatable bonds is 1. The molecule has 1 rings (SSSR count). The molecule has 0 fully saturated rings. The van der Waals surface area contributed by atoms with Gasteiger partial charge in [0.2, 0.25) is 0 Å². The molecule has 0 aliphatic heterocycles. The Balaban J connectivity index is 0.00000106. The predicted octanol–water partition coefficient (Wildman–Crippen LogP) is 3.64. The van der Waals surface area contributed by atoms with Gasteiger partial charge in [0, 0.05) is 11.8 Å². The Hall–Kier alpha value is -1.46. The first-order valence-corrected chi connectivity index (χ1v) is 4.61. The molecule has 0 heterocycles. The number of nitrogens with two attached hydrogens (primary N) is 1. The molecular weight excluding hydrogens is 226 g/mol. The first kappa shape index (κ1) is 14.5. The summed E-state index contributed by atoms with van der Waals surface area (Å²) >= 11 is 0. The van der Waals surface area contributed by atoms with Crippen molar-refractivity contribution in [3.05, 3.63) is 23.5 Å². The fraction of sp³-hybridized carbons (Fsp3) is 0.400. The van der Waals surface area contributed by atoms with Crippen molar-refractivity contribution in [2.24, 2.45) is 0 Å². The Bertz CT molecular complexity index is 349. The summed E-state index contributed by atoms with van der Waals surface area (Å²) in [5.74, 6) is -2.00. The van der Waals surface area contributed by atoms with Crippen molar-refractivity contribution < 1.29 is 22.3 Å². The van der Waals surface area contributed by atoms with Crippen LogP contribution < -0.4 is 10.5 Å². The summed E-state index contributed by atoms with van der Waals surface area (Å²) in [7, 11) is 0. The van der Waals surface area contributed by atoms with Gasteiger partial charge >= 0.3 is 6.36 Å². The van der Waals surface area contributed by atoms with Crippen LogP contribution in [-0.2, 0) is 0 Å². The summed E-state index contributed by atoms with van der Waals surface area (Å²) in [4.78, 5) is 0. The van der Waals surface area contributed by atoms with Gasteiger partial charge in [-0.25, -0.2) is 4.39 Å². The van der Waals surface area contributed by atoms with Gasteiger partial charge in [-0.15, -0.1) is 13.2 Å². The van der Waals surface area contributed by atoms with E-state index in [0.717, 1.165) is 12.1 Å². The van der Waals surface area contributed by atoms with E-state index in [1.165, 1.54) is 6.92 Å². The highest BCUT2D eigenvalue weighted by molar-refractivity contribution is 5.50. The lowest BCUT2D eigenvalue weighted by Crippen LogP contribution is -2.18. The molecule has 16 heavy (non-hydrogen) atoms. The van der Waals surface area contributed by atoms with E-state index in [1.54, 1.807) is 0 Å². The number of alkyl halides is 3. The van der Waals surface area contributed by atoms with Gasteiger partial charge < -0.3 is 10.5 Å². The first-order valence-electron chi connectivity index (χ1n) is 4.61. The van der Waals surface area contributed by atoms with Crippen molar-refractivity contribution in [2.45, 2.75) is 27.1 Å². The number of halogens is 4. The SMILES string of the molecule is CC.Cc1cc(OC(F)(F)F)c(F)cc1N. The number of anilines is 1. The summed E-state index contributed by atoms with van der Waals surface area (Å²) in [6, 6.07) is 1.69. The van der Waals surface area contributed by atoms with Crippen LogP contribution in [0.25, 0.3) is 0 Å². The van der Waals surface area contributed by atoms with Crippen molar-refractivity contribution in [1.82, 2.24) is 0 Å². The number of ether oxygens (including phenoxy) is 1. The number of hydrogen-bond donors (Lipinski definition) is 1. The number of benzene rings is 1. The van der Waals surface area contributed by atoms with Gasteiger partial charge in [-0.2, -0.15) is 0 Å². The summed E-state index contributed by atoms with van der Waals surface area (Å²) < 4.78 is 51.5. The molecular formula is C10H13F4NO. The summed E-state index contributed by atoms with van der Waals surface area (Å²) in [5.41, 5.74) is 5.68. The second-order valence-electron chi connectivity index (χ2n) is 2.69. The minimum absolute atomic E-state index is 0.0806. The van der Waals surface area contributed by atoms with Crippen LogP contribution in [-0.4, -0.2) is 6.36 Å². The summed E-state index contributed by atoms with van der Waals surface area (Å²) in [6.45, 7) is 5.46. The Labute approximate surface area is 91.0 Å². The number of hydrogen-bond acceptors (Lipinski definition) is 2. The zero-order valence-corrected chi connectivity index (χ0v) is 9.15. The smallest absolute Gasteiger partial charge is 0.403 e. The van der Waals surface area contributed by atoms with E-state index >= 15 is 0 Å². The van der Waals surface area contributed by atoms with E-state index < -0.39 is 17.9 Å². The maximum absolute atomic E-state index is 12.9. The van der Waals surface area contributed by atoms with Crippen molar-refractivity contribution >= 4 is 5.69 Å². The molecule has 0 atom stereocenters. The van der Waals surface area contributed by atoms with Gasteiger partial charge in [-0.3, -0.25) is 0 Å². The fourth-order valence-corrected chi connectivity index (χ4v) is 0.873. The van der Waals surface area contributed by atoms with Crippen LogP contribution in [0.5, 0.6) is 5.75 Å². The van der Waals surface area contributed by atoms with E-state index in [4.69, 9.17) is 5.73 Å². The molecule has 1 aromatic carbocycles. The second-order valence-corrected chi connectivity index (χ2v) is 2.69. The number of aryl methyl sites for hydroxylation is 1. The maximum atomic E-state index is 12.9. The zero-order chi connectivity index (χ0) is 12.9. The third kappa shape index (κ3) is 4.37. The van der Waals surface area contributed by atoms with E-state index in [-0.39, 0.29) is 5.69 Å². The lowest BCUT2D eigenvalue weighted by atomic mass is 10.2. The summed E-state index contributed by atoms with van der Waals surface area (Å²) in [5, 5.41) is 0. The van der Waals surface area contributed by atoms with Crippen LogP contribution in [0.2, 0.25) is 0 Å². The molecule has 1 aromatic rings. The van der Waals surface area contributed by atoms with Crippen molar-refractivity contribution in [3.63, 3.8) is 0 Å². The highest BCUT2D eigenvalue weighted by Crippen LogP contribution is 2.28. The Morgan fingerprint density at radius 1 is 1.19 bits per heavy atom. The minimum Gasteiger partial charge on any atom is -0.403 e. The van der Waals surface area contributed by atoms with E-state index in [2.05, 4.69) is 4.74 Å². The van der Waals surface area contributed by atoms with Gasteiger partial charge in [-0.05, 0) is 18.6 Å². The normalized spacial score (nSPS) is 10.4. The largest absolute Gasteiger partial charge is 0.573 e. The molecule has 6 heteroatoms. The molecule has 0 aliphatic rings. The van der Waals surface area contributed by atoms with Gasteiger partial charge in [-0.1, -0.05) is 13.8 Å². The molecule has 0 unspecified atom stereocenters. The van der Waals surface area contributed by atoms with Crippen molar-refractivity contribution in [3.8, 4) is 5.75 Å². The van der Waals surface area contributed by atoms with Gasteiger partial charge in [0.15, 0.2) is 11.6 Å². The van der Waals surface area contributed by atoms with Gasteiger partial charge in [0.25, 0.3) is 0 Å². The second kappa shape index (κ2) is 5.58. The van der Waals surface area contributed by atoms with Gasteiger partial charge in [0.05, 0.1) is 0 Å². The fourth-order valence-electron chi connectivity index (χ4n) is 0.873. The quantitative estimate of drug-likeness (QED) is 0.599. The standard InChI is InChI=1S/C8H7F4NO.C2H6/c1-4-2-7(14-8(10,11)12)5(9)3-6(4)13;1-2/h2-3H,13H2,1H3;1-2H3. The van der Waals surface area contributed by atoms with Gasteiger partial charge in [0.1, 0.15) is 0 Å². The Kier molecular flexibility index (Phi) is 5.07. The monoisotopic (exact) mass is 239 g/mol. The minimum atomic E-state index is -4.90. The molecule has 0 bridgehead atoms. The van der Waals surface area contributed by atoms with Crippen molar-refractivity contribution in [1.29, 1.82) is 0 Å². The van der Waals surface area contributed by atoms with Crippen LogP contribution in [0.4, 0.5) is 23.2 Å². The molecule has 0 amide bonds. The topological polar surface area (TPSA) is 35.2 Å². The Morgan fingerprint density at radius 3 is 2.12 bits per heavy atom. The Morgan fingerprint density at radius 2 is 1.69 bits per heavy atom. The highest BCUT2D eigenvalue weighted by Gasteiger charge is 2.32. The molecule has 0 saturated heterocycles. The molecule has 2 N–H and O–H groups in total. The lowest BCUT2D eigenvalue weighted by molar-refractivity contribution is -0.275. The van der Waals surface area contributed by atoms with Crippen LogP contribution >= 0.6 is 0 Å². The van der Waals surface area contributed by atoms with Crippen LogP contribution in [0.3, 0.4) is 0 Å². The van der Waals surface area contributed by atoms with Crippen LogP contribution in [0.15, 0.2) is 12.1 Å². The average molecular weight is 239 g/mol. The highest BCUT2D eigenvalue weighted by atomic mass is 19.4. The lowest BCUT2D eigenvalue weighted by Gasteiger charge is -2.11. The predicted molar refractivity (Wildman–Crippen MR) is 53.6 cm³/mol. The van der Waals surface area contributed by atoms with Crippen LogP contribution in [0.1, 0.15) is 19.4 Å². The van der Waals surface area contributed by atoms with E-state index in [1.807, 2.05) is 13.8 Å². The van der Waals surface area contributed by atoms with E-state index in [9.17, 15) is 17.6 Å². The molecule has 0 aliphatic carbocycles. The van der Waals surface area contributed by atoms with Crippen molar-refractivity contribution in [2.75, 3.05) is 5.73 Å². The molecule has 2 nitrogen and oxygen atoms in total. The molecule has 92 valence electrons. The molecule has 0 radical (unpaired) electrons. The zero-order valence-electron chi connectivity index (χ0n) is 9.15. The van der Waals surface area contributed by atoms with Crippen LogP contribution in [0, 0.1) is 12.7 Å². The molecule has 0 spiro atoms. The third-order valence-electron chi connectivity index (χ3n) is 1.55. The van der Waals surface area contributed by atoms with E-state index in [0.29, 0.717) is 5.56 Å². The third-order valence-corrected chi connectivity index (χ3v) is 1.55. The molecule has 0 aromatic heterocycles. The summed E-state index contributed by atoms with van der Waals surface area (Å²) in [6.07, 6.45) is -4.90. The number of nitrogen functional groups attached to an aromatic ring is 1. The maximum Gasteiger partial charge on any atom is 0.573 e. The average Bonchev–Trinajstić information content (AvgIpc) is 2.15. The molecule has 0 saturated carbocycles.